The van der Waals surface area contributed by atoms with Crippen LogP contribution in [-0.4, -0.2) is 35.8 Å². The van der Waals surface area contributed by atoms with Crippen molar-refractivity contribution in [2.45, 2.75) is 31.7 Å². The van der Waals surface area contributed by atoms with E-state index in [2.05, 4.69) is 5.32 Å². The van der Waals surface area contributed by atoms with Crippen LogP contribution in [0.3, 0.4) is 0 Å². The van der Waals surface area contributed by atoms with Gasteiger partial charge in [-0.2, -0.15) is 0 Å². The van der Waals surface area contributed by atoms with E-state index >= 15 is 0 Å². The Morgan fingerprint density at radius 2 is 2.10 bits per heavy atom. The molecule has 3 rings (SSSR count). The largest absolute Gasteiger partial charge is 0.353 e. The summed E-state index contributed by atoms with van der Waals surface area (Å²) < 4.78 is 0.619. The van der Waals surface area contributed by atoms with Crippen molar-refractivity contribution in [1.82, 2.24) is 10.2 Å². The molecule has 2 amide bonds. The number of halogens is 1. The molecule has 0 bridgehead atoms. The van der Waals surface area contributed by atoms with Crippen molar-refractivity contribution in [3.8, 4) is 0 Å². The van der Waals surface area contributed by atoms with Gasteiger partial charge in [-0.3, -0.25) is 9.59 Å². The molecule has 0 aromatic carbocycles. The molecule has 20 heavy (non-hydrogen) atoms. The Kier molecular flexibility index (Phi) is 3.98. The van der Waals surface area contributed by atoms with Crippen molar-refractivity contribution in [1.29, 1.82) is 0 Å². The molecule has 2 heterocycles. The first-order valence-electron chi connectivity index (χ1n) is 6.98. The fraction of sp³-hybridized carbons (Fsp3) is 0.571. The zero-order valence-electron chi connectivity index (χ0n) is 11.1. The van der Waals surface area contributed by atoms with Crippen molar-refractivity contribution in [3.05, 3.63) is 21.3 Å². The summed E-state index contributed by atoms with van der Waals surface area (Å²) in [6, 6.07) is 3.87. The second kappa shape index (κ2) is 5.74. The molecule has 0 radical (unpaired) electrons. The summed E-state index contributed by atoms with van der Waals surface area (Å²) in [5.41, 5.74) is 0. The van der Waals surface area contributed by atoms with Crippen LogP contribution >= 0.6 is 22.9 Å². The molecule has 2 aliphatic rings. The van der Waals surface area contributed by atoms with Gasteiger partial charge in [0.05, 0.1) is 15.1 Å². The van der Waals surface area contributed by atoms with E-state index in [4.69, 9.17) is 11.6 Å². The predicted molar refractivity (Wildman–Crippen MR) is 79.1 cm³/mol. The number of hydrogen-bond donors (Lipinski definition) is 1. The second-order valence-corrected chi connectivity index (χ2v) is 7.19. The maximum atomic E-state index is 12.4. The summed E-state index contributed by atoms with van der Waals surface area (Å²) in [6.45, 7) is 1.24. The lowest BCUT2D eigenvalue weighted by atomic mass is 9.97. The Balaban J connectivity index is 1.62. The van der Waals surface area contributed by atoms with E-state index in [0.29, 0.717) is 21.8 Å². The van der Waals surface area contributed by atoms with Gasteiger partial charge in [0.15, 0.2) is 0 Å². The number of thiophene rings is 1. The maximum Gasteiger partial charge on any atom is 0.263 e. The maximum absolute atomic E-state index is 12.4. The highest BCUT2D eigenvalue weighted by atomic mass is 35.5. The number of piperidine rings is 1. The Morgan fingerprint density at radius 1 is 1.30 bits per heavy atom. The lowest BCUT2D eigenvalue weighted by molar-refractivity contribution is -0.126. The van der Waals surface area contributed by atoms with E-state index < -0.39 is 0 Å². The third-order valence-electron chi connectivity index (χ3n) is 3.79. The molecule has 108 valence electrons. The van der Waals surface area contributed by atoms with Crippen LogP contribution in [0.2, 0.25) is 4.34 Å². The van der Waals surface area contributed by atoms with E-state index in [1.165, 1.54) is 11.3 Å². The zero-order chi connectivity index (χ0) is 14.1. The fourth-order valence-corrected chi connectivity index (χ4v) is 3.52. The quantitative estimate of drug-likeness (QED) is 0.932. The fourth-order valence-electron chi connectivity index (χ4n) is 2.51. The van der Waals surface area contributed by atoms with E-state index in [0.717, 1.165) is 32.2 Å². The summed E-state index contributed by atoms with van der Waals surface area (Å²) in [4.78, 5) is 26.9. The normalized spacial score (nSPS) is 22.6. The van der Waals surface area contributed by atoms with Crippen molar-refractivity contribution < 1.29 is 9.59 Å². The number of nitrogens with zero attached hydrogens (tertiary/aromatic N) is 1. The predicted octanol–water partition coefficient (Wildman–Crippen LogP) is 2.53. The topological polar surface area (TPSA) is 49.4 Å². The van der Waals surface area contributed by atoms with Gasteiger partial charge in [0.25, 0.3) is 5.91 Å². The van der Waals surface area contributed by atoms with Crippen LogP contribution in [0.15, 0.2) is 12.1 Å². The number of nitrogens with one attached hydrogen (secondary N) is 1. The molecule has 2 fully saturated rings. The van der Waals surface area contributed by atoms with Gasteiger partial charge < -0.3 is 10.2 Å². The van der Waals surface area contributed by atoms with Crippen molar-refractivity contribution >= 4 is 34.8 Å². The second-order valence-electron chi connectivity index (χ2n) is 5.48. The Morgan fingerprint density at radius 3 is 2.75 bits per heavy atom. The molecular formula is C14H17ClN2O2S. The first kappa shape index (κ1) is 13.9. The molecule has 1 aliphatic carbocycles. The highest BCUT2D eigenvalue weighted by molar-refractivity contribution is 7.17. The average molecular weight is 313 g/mol. The Bertz CT molecular complexity index is 527. The van der Waals surface area contributed by atoms with E-state index in [1.807, 2.05) is 0 Å². The highest BCUT2D eigenvalue weighted by Crippen LogP contribution is 2.26. The van der Waals surface area contributed by atoms with Crippen molar-refractivity contribution in [2.75, 3.05) is 13.1 Å². The van der Waals surface area contributed by atoms with E-state index in [-0.39, 0.29) is 17.7 Å². The Labute approximate surface area is 127 Å². The molecule has 6 heteroatoms. The summed E-state index contributed by atoms with van der Waals surface area (Å²) in [7, 11) is 0. The van der Waals surface area contributed by atoms with E-state index in [9.17, 15) is 9.59 Å². The average Bonchev–Trinajstić information content (AvgIpc) is 3.17. The van der Waals surface area contributed by atoms with Crippen LogP contribution in [0.5, 0.6) is 0 Å². The summed E-state index contributed by atoms with van der Waals surface area (Å²) in [6.07, 6.45) is 3.94. The number of carbonyl (C=O) groups excluding carboxylic acids is 2. The molecule has 1 N–H and O–H groups in total. The highest BCUT2D eigenvalue weighted by Gasteiger charge is 2.32. The van der Waals surface area contributed by atoms with Crippen LogP contribution in [0, 0.1) is 5.92 Å². The first-order chi connectivity index (χ1) is 9.63. The molecule has 4 nitrogen and oxygen atoms in total. The molecule has 1 saturated carbocycles. The molecular weight excluding hydrogens is 296 g/mol. The van der Waals surface area contributed by atoms with Crippen LogP contribution < -0.4 is 5.32 Å². The van der Waals surface area contributed by atoms with Gasteiger partial charge in [-0.1, -0.05) is 11.6 Å². The summed E-state index contributed by atoms with van der Waals surface area (Å²) in [5.74, 6) is 0.0313. The van der Waals surface area contributed by atoms with Gasteiger partial charge in [-0.05, 0) is 37.8 Å². The first-order valence-corrected chi connectivity index (χ1v) is 8.18. The third kappa shape index (κ3) is 3.15. The molecule has 0 spiro atoms. The lowest BCUT2D eigenvalue weighted by Gasteiger charge is -2.31. The lowest BCUT2D eigenvalue weighted by Crippen LogP contribution is -2.45. The van der Waals surface area contributed by atoms with E-state index in [1.54, 1.807) is 17.0 Å². The number of likely N-dealkylation sites (tertiary alicyclic amines) is 1. The molecule has 1 atom stereocenters. The molecule has 1 aliphatic heterocycles. The monoisotopic (exact) mass is 312 g/mol. The number of amides is 2. The standard InChI is InChI=1S/C14H17ClN2O2S/c15-12-6-5-11(20-12)14(19)17-7-1-2-9(8-17)13(18)16-10-3-4-10/h5-6,9-10H,1-4,7-8H2,(H,16,18)/t9-/m0/s1. The van der Waals surface area contributed by atoms with Crippen LogP contribution in [0.25, 0.3) is 0 Å². The minimum absolute atomic E-state index is 0.00850. The molecule has 1 aromatic heterocycles. The van der Waals surface area contributed by atoms with Crippen LogP contribution in [0.1, 0.15) is 35.4 Å². The molecule has 0 unspecified atom stereocenters. The van der Waals surface area contributed by atoms with Crippen LogP contribution in [0.4, 0.5) is 0 Å². The van der Waals surface area contributed by atoms with Crippen molar-refractivity contribution in [2.24, 2.45) is 5.92 Å². The van der Waals surface area contributed by atoms with Gasteiger partial charge in [0, 0.05) is 19.1 Å². The van der Waals surface area contributed by atoms with Gasteiger partial charge >= 0.3 is 0 Å². The summed E-state index contributed by atoms with van der Waals surface area (Å²) in [5, 5.41) is 3.03. The minimum atomic E-state index is -0.0660. The smallest absolute Gasteiger partial charge is 0.263 e. The van der Waals surface area contributed by atoms with Crippen molar-refractivity contribution in [3.63, 3.8) is 0 Å². The van der Waals surface area contributed by atoms with Gasteiger partial charge in [-0.25, -0.2) is 0 Å². The summed E-state index contributed by atoms with van der Waals surface area (Å²) >= 11 is 7.16. The minimum Gasteiger partial charge on any atom is -0.353 e. The van der Waals surface area contributed by atoms with Crippen LogP contribution in [-0.2, 0) is 4.79 Å². The Hall–Kier alpha value is -1.07. The number of rotatable bonds is 3. The zero-order valence-corrected chi connectivity index (χ0v) is 12.7. The molecule has 1 aromatic rings. The third-order valence-corrected chi connectivity index (χ3v) is 5.01. The van der Waals surface area contributed by atoms with Gasteiger partial charge in [-0.15, -0.1) is 11.3 Å². The van der Waals surface area contributed by atoms with Gasteiger partial charge in [0.2, 0.25) is 5.91 Å². The number of hydrogen-bond acceptors (Lipinski definition) is 3. The number of carbonyl (C=O) groups is 2. The molecule has 1 saturated heterocycles. The SMILES string of the molecule is O=C(NC1CC1)[C@H]1CCCN(C(=O)c2ccc(Cl)s2)C1. The van der Waals surface area contributed by atoms with Gasteiger partial charge in [0.1, 0.15) is 0 Å².